The van der Waals surface area contributed by atoms with E-state index in [1.807, 2.05) is 12.1 Å². The number of carbonyl (C=O) groups is 1. The summed E-state index contributed by atoms with van der Waals surface area (Å²) in [5, 5.41) is 3.94. The first-order chi connectivity index (χ1) is 15.2. The third-order valence-corrected chi connectivity index (χ3v) is 6.00. The number of pyridine rings is 2. The molecule has 3 aromatic heterocycles. The van der Waals surface area contributed by atoms with Crippen LogP contribution in [0.15, 0.2) is 35.1 Å². The first-order valence-electron chi connectivity index (χ1n) is 10.8. The number of alkyl halides is 3. The van der Waals surface area contributed by atoms with Gasteiger partial charge in [-0.15, -0.1) is 0 Å². The summed E-state index contributed by atoms with van der Waals surface area (Å²) >= 11 is 0. The molecule has 3 aromatic rings. The van der Waals surface area contributed by atoms with Gasteiger partial charge in [0.25, 0.3) is 5.71 Å². The van der Waals surface area contributed by atoms with Crippen LogP contribution in [0.4, 0.5) is 13.2 Å². The number of halogens is 3. The van der Waals surface area contributed by atoms with Crippen molar-refractivity contribution in [2.24, 2.45) is 0 Å². The summed E-state index contributed by atoms with van der Waals surface area (Å²) in [6.07, 6.45) is 0.950. The van der Waals surface area contributed by atoms with Gasteiger partial charge in [-0.2, -0.15) is 13.2 Å². The van der Waals surface area contributed by atoms with Crippen LogP contribution in [0.3, 0.4) is 0 Å². The fourth-order valence-corrected chi connectivity index (χ4v) is 4.15. The molecule has 0 unspecified atom stereocenters. The number of hydrogen-bond acceptors (Lipinski definition) is 5. The van der Waals surface area contributed by atoms with Crippen LogP contribution in [-0.4, -0.2) is 39.0 Å². The zero-order valence-corrected chi connectivity index (χ0v) is 18.0. The van der Waals surface area contributed by atoms with E-state index in [0.29, 0.717) is 50.2 Å². The Balaban J connectivity index is 1.49. The van der Waals surface area contributed by atoms with Gasteiger partial charge in [0.15, 0.2) is 0 Å². The number of piperidine rings is 1. The SMILES string of the molecule is CC(C)c1cc(C(F)(F)F)c2c(C3CCN(C(=O)CCc4ccncc4)CC3)noc2n1. The zero-order chi connectivity index (χ0) is 22.9. The van der Waals surface area contributed by atoms with Crippen LogP contribution < -0.4 is 0 Å². The molecule has 0 bridgehead atoms. The molecule has 32 heavy (non-hydrogen) atoms. The lowest BCUT2D eigenvalue weighted by molar-refractivity contribution is -0.136. The van der Waals surface area contributed by atoms with Crippen molar-refractivity contribution in [1.29, 1.82) is 0 Å². The van der Waals surface area contributed by atoms with Crippen molar-refractivity contribution in [3.8, 4) is 0 Å². The van der Waals surface area contributed by atoms with Gasteiger partial charge in [-0.05, 0) is 48.9 Å². The topological polar surface area (TPSA) is 72.1 Å². The number of amides is 1. The number of hydrogen-bond donors (Lipinski definition) is 0. The van der Waals surface area contributed by atoms with E-state index in [2.05, 4.69) is 15.1 Å². The smallest absolute Gasteiger partial charge is 0.343 e. The van der Waals surface area contributed by atoms with Crippen LogP contribution in [0.1, 0.15) is 67.5 Å². The van der Waals surface area contributed by atoms with Crippen LogP contribution in [0.2, 0.25) is 0 Å². The fourth-order valence-electron chi connectivity index (χ4n) is 4.15. The molecular formula is C23H25F3N4O2. The van der Waals surface area contributed by atoms with E-state index in [1.54, 1.807) is 31.1 Å². The average molecular weight is 446 g/mol. The van der Waals surface area contributed by atoms with Gasteiger partial charge >= 0.3 is 6.18 Å². The molecule has 4 rings (SSSR count). The second-order valence-corrected chi connectivity index (χ2v) is 8.51. The predicted molar refractivity (Wildman–Crippen MR) is 112 cm³/mol. The van der Waals surface area contributed by atoms with Gasteiger partial charge in [-0.1, -0.05) is 19.0 Å². The van der Waals surface area contributed by atoms with Gasteiger partial charge in [-0.25, -0.2) is 4.98 Å². The Bertz CT molecular complexity index is 1090. The van der Waals surface area contributed by atoms with Crippen molar-refractivity contribution >= 4 is 17.0 Å². The molecule has 0 aromatic carbocycles. The molecular weight excluding hydrogens is 421 g/mol. The zero-order valence-electron chi connectivity index (χ0n) is 18.0. The summed E-state index contributed by atoms with van der Waals surface area (Å²) in [6.45, 7) is 4.53. The van der Waals surface area contributed by atoms with Crippen molar-refractivity contribution in [2.75, 3.05) is 13.1 Å². The number of carbonyl (C=O) groups excluding carboxylic acids is 1. The molecule has 1 aliphatic heterocycles. The maximum atomic E-state index is 13.8. The Morgan fingerprint density at radius 3 is 2.53 bits per heavy atom. The van der Waals surface area contributed by atoms with Crippen molar-refractivity contribution in [2.45, 2.75) is 57.5 Å². The van der Waals surface area contributed by atoms with Crippen molar-refractivity contribution < 1.29 is 22.5 Å². The number of rotatable bonds is 5. The molecule has 1 saturated heterocycles. The molecule has 1 aliphatic rings. The second kappa shape index (κ2) is 8.88. The van der Waals surface area contributed by atoms with Gasteiger partial charge in [0.2, 0.25) is 5.91 Å². The Morgan fingerprint density at radius 1 is 1.22 bits per heavy atom. The van der Waals surface area contributed by atoms with E-state index in [4.69, 9.17) is 4.52 Å². The van der Waals surface area contributed by atoms with E-state index in [-0.39, 0.29) is 28.8 Å². The van der Waals surface area contributed by atoms with Gasteiger partial charge in [0.05, 0.1) is 16.6 Å². The molecule has 170 valence electrons. The lowest BCUT2D eigenvalue weighted by Gasteiger charge is -2.31. The number of likely N-dealkylation sites (tertiary alicyclic amines) is 1. The highest BCUT2D eigenvalue weighted by molar-refractivity contribution is 5.82. The second-order valence-electron chi connectivity index (χ2n) is 8.51. The van der Waals surface area contributed by atoms with Crippen LogP contribution in [0, 0.1) is 0 Å². The summed E-state index contributed by atoms with van der Waals surface area (Å²) in [4.78, 5) is 22.6. The quantitative estimate of drug-likeness (QED) is 0.545. The molecule has 1 fully saturated rings. The van der Waals surface area contributed by atoms with Crippen molar-refractivity contribution in [1.82, 2.24) is 20.0 Å². The number of fused-ring (bicyclic) bond motifs is 1. The molecule has 0 aliphatic carbocycles. The van der Waals surface area contributed by atoms with Crippen LogP contribution in [0.25, 0.3) is 11.1 Å². The van der Waals surface area contributed by atoms with Crippen LogP contribution in [-0.2, 0) is 17.4 Å². The van der Waals surface area contributed by atoms with Crippen molar-refractivity contribution in [3.05, 3.63) is 53.1 Å². The van der Waals surface area contributed by atoms with Gasteiger partial charge in [0.1, 0.15) is 0 Å². The normalized spacial score (nSPS) is 15.6. The minimum atomic E-state index is -4.53. The van der Waals surface area contributed by atoms with E-state index in [1.165, 1.54) is 0 Å². The molecule has 0 radical (unpaired) electrons. The van der Waals surface area contributed by atoms with Crippen molar-refractivity contribution in [3.63, 3.8) is 0 Å². The summed E-state index contributed by atoms with van der Waals surface area (Å²) in [5.74, 6) is -0.340. The van der Waals surface area contributed by atoms with E-state index < -0.39 is 11.7 Å². The Morgan fingerprint density at radius 2 is 1.91 bits per heavy atom. The van der Waals surface area contributed by atoms with E-state index in [0.717, 1.165) is 11.6 Å². The predicted octanol–water partition coefficient (Wildman–Crippen LogP) is 5.10. The highest BCUT2D eigenvalue weighted by atomic mass is 19.4. The highest BCUT2D eigenvalue weighted by Crippen LogP contribution is 2.41. The first-order valence-corrected chi connectivity index (χ1v) is 10.8. The average Bonchev–Trinajstić information content (AvgIpc) is 3.21. The molecule has 0 saturated carbocycles. The monoisotopic (exact) mass is 446 g/mol. The molecule has 0 N–H and O–H groups in total. The summed E-state index contributed by atoms with van der Waals surface area (Å²) in [5.41, 5.74) is 0.832. The maximum Gasteiger partial charge on any atom is 0.417 e. The summed E-state index contributed by atoms with van der Waals surface area (Å²) in [6, 6.07) is 4.86. The molecule has 0 spiro atoms. The summed E-state index contributed by atoms with van der Waals surface area (Å²) < 4.78 is 46.7. The fraction of sp³-hybridized carbons (Fsp3) is 0.478. The third kappa shape index (κ3) is 4.61. The van der Waals surface area contributed by atoms with Crippen LogP contribution >= 0.6 is 0 Å². The Hall–Kier alpha value is -2.97. The lowest BCUT2D eigenvalue weighted by Crippen LogP contribution is -2.38. The molecule has 6 nitrogen and oxygen atoms in total. The Kier molecular flexibility index (Phi) is 6.17. The van der Waals surface area contributed by atoms with E-state index in [9.17, 15) is 18.0 Å². The van der Waals surface area contributed by atoms with Gasteiger partial charge in [0, 0.05) is 43.5 Å². The van der Waals surface area contributed by atoms with Crippen LogP contribution in [0.5, 0.6) is 0 Å². The minimum absolute atomic E-state index is 0.0458. The molecule has 9 heteroatoms. The summed E-state index contributed by atoms with van der Waals surface area (Å²) in [7, 11) is 0. The first kappa shape index (κ1) is 22.2. The highest BCUT2D eigenvalue weighted by Gasteiger charge is 2.38. The van der Waals surface area contributed by atoms with E-state index >= 15 is 0 Å². The van der Waals surface area contributed by atoms with Gasteiger partial charge < -0.3 is 9.42 Å². The molecule has 4 heterocycles. The standard InChI is InChI=1S/C23H25F3N4O2/c1-14(2)18-13-17(23(24,25)26)20-21(29-32-22(20)28-18)16-7-11-30(12-8-16)19(31)4-3-15-5-9-27-10-6-15/h5-6,9-10,13-14,16H,3-4,7-8,11-12H2,1-2H3. The molecule has 1 amide bonds. The Labute approximate surface area is 183 Å². The van der Waals surface area contributed by atoms with Gasteiger partial charge in [-0.3, -0.25) is 9.78 Å². The minimum Gasteiger partial charge on any atom is -0.343 e. The number of nitrogens with zero attached hydrogens (tertiary/aromatic N) is 4. The maximum absolute atomic E-state index is 13.8. The third-order valence-electron chi connectivity index (χ3n) is 6.00. The lowest BCUT2D eigenvalue weighted by atomic mass is 9.90. The number of aryl methyl sites for hydroxylation is 1. The largest absolute Gasteiger partial charge is 0.417 e. The number of aromatic nitrogens is 3. The molecule has 0 atom stereocenters.